The summed E-state index contributed by atoms with van der Waals surface area (Å²) in [7, 11) is 0. The zero-order chi connectivity index (χ0) is 18.6. The fourth-order valence-electron chi connectivity index (χ4n) is 4.03. The number of imidazole rings is 1. The first kappa shape index (κ1) is 21.4. The normalized spacial score (nSPS) is 20.5. The van der Waals surface area contributed by atoms with Gasteiger partial charge in [0.1, 0.15) is 0 Å². The zero-order valence-corrected chi connectivity index (χ0v) is 19.4. The largest absolute Gasteiger partial charge is 0.357 e. The minimum absolute atomic E-state index is 0. The summed E-state index contributed by atoms with van der Waals surface area (Å²) in [6.45, 7) is 5.04. The van der Waals surface area contributed by atoms with Gasteiger partial charge in [-0.1, -0.05) is 12.8 Å². The van der Waals surface area contributed by atoms with E-state index in [0.29, 0.717) is 12.5 Å². The van der Waals surface area contributed by atoms with Crippen molar-refractivity contribution < 1.29 is 4.79 Å². The van der Waals surface area contributed by atoms with Gasteiger partial charge in [0.15, 0.2) is 10.9 Å². The summed E-state index contributed by atoms with van der Waals surface area (Å²) in [5, 5.41) is 8.84. The molecular formula is C19H29IN6OS. The summed E-state index contributed by atoms with van der Waals surface area (Å²) in [6, 6.07) is 0.263. The van der Waals surface area contributed by atoms with Gasteiger partial charge in [0.25, 0.3) is 0 Å². The molecule has 1 saturated heterocycles. The minimum atomic E-state index is 0. The molecule has 0 bridgehead atoms. The molecule has 3 heterocycles. The van der Waals surface area contributed by atoms with Crippen LogP contribution >= 0.6 is 35.3 Å². The predicted octanol–water partition coefficient (Wildman–Crippen LogP) is 2.86. The lowest BCUT2D eigenvalue weighted by Gasteiger charge is -2.21. The maximum atomic E-state index is 12.6. The van der Waals surface area contributed by atoms with E-state index in [1.54, 1.807) is 11.3 Å². The quantitative estimate of drug-likeness (QED) is 0.364. The second kappa shape index (κ2) is 9.91. The van der Waals surface area contributed by atoms with E-state index in [1.165, 1.54) is 12.8 Å². The van der Waals surface area contributed by atoms with E-state index in [0.717, 1.165) is 55.5 Å². The molecular weight excluding hydrogens is 487 g/mol. The van der Waals surface area contributed by atoms with Crippen molar-refractivity contribution in [3.8, 4) is 0 Å². The second-order valence-electron chi connectivity index (χ2n) is 7.42. The SMILES string of the molecule is CCNC(=NCc1cn2ccsc2n1)NC1CCN(C(=O)C2CCCC2)C1.I. The Morgan fingerprint density at radius 2 is 2.18 bits per heavy atom. The third-order valence-corrected chi connectivity index (χ3v) is 6.20. The molecule has 1 aliphatic heterocycles. The Labute approximate surface area is 187 Å². The van der Waals surface area contributed by atoms with Gasteiger partial charge in [0.05, 0.1) is 12.2 Å². The topological polar surface area (TPSA) is 74.0 Å². The molecule has 7 nitrogen and oxygen atoms in total. The summed E-state index contributed by atoms with van der Waals surface area (Å²) in [6.07, 6.45) is 9.56. The number of carbonyl (C=O) groups excluding carboxylic acids is 1. The van der Waals surface area contributed by atoms with E-state index < -0.39 is 0 Å². The van der Waals surface area contributed by atoms with Crippen molar-refractivity contribution in [1.82, 2.24) is 24.9 Å². The fourth-order valence-corrected chi connectivity index (χ4v) is 4.75. The molecule has 2 aromatic heterocycles. The number of nitrogens with one attached hydrogen (secondary N) is 2. The van der Waals surface area contributed by atoms with Crippen molar-refractivity contribution in [3.05, 3.63) is 23.5 Å². The molecule has 1 amide bonds. The van der Waals surface area contributed by atoms with Crippen LogP contribution in [0, 0.1) is 5.92 Å². The lowest BCUT2D eigenvalue weighted by Crippen LogP contribution is -2.45. The van der Waals surface area contributed by atoms with Crippen LogP contribution in [0.15, 0.2) is 22.8 Å². The Morgan fingerprint density at radius 1 is 1.36 bits per heavy atom. The lowest BCUT2D eigenvalue weighted by molar-refractivity contribution is -0.134. The number of rotatable bonds is 5. The summed E-state index contributed by atoms with van der Waals surface area (Å²) in [4.78, 5) is 24.9. The first-order valence-corrected chi connectivity index (χ1v) is 10.9. The van der Waals surface area contributed by atoms with Crippen LogP contribution in [-0.4, -0.2) is 51.8 Å². The van der Waals surface area contributed by atoms with Gasteiger partial charge in [-0.25, -0.2) is 9.98 Å². The average Bonchev–Trinajstić information content (AvgIpc) is 3.43. The van der Waals surface area contributed by atoms with E-state index in [2.05, 4.69) is 27.5 Å². The highest BCUT2D eigenvalue weighted by Gasteiger charge is 2.32. The van der Waals surface area contributed by atoms with Crippen molar-refractivity contribution in [3.63, 3.8) is 0 Å². The van der Waals surface area contributed by atoms with Gasteiger partial charge in [-0.15, -0.1) is 35.3 Å². The molecule has 0 radical (unpaired) electrons. The highest BCUT2D eigenvalue weighted by Crippen LogP contribution is 2.27. The second-order valence-corrected chi connectivity index (χ2v) is 8.29. The number of amides is 1. The number of likely N-dealkylation sites (tertiary alicyclic amines) is 1. The number of halogens is 1. The summed E-state index contributed by atoms with van der Waals surface area (Å²) in [5.41, 5.74) is 0.962. The lowest BCUT2D eigenvalue weighted by atomic mass is 10.1. The summed E-state index contributed by atoms with van der Waals surface area (Å²) in [5.74, 6) is 1.42. The van der Waals surface area contributed by atoms with Crippen LogP contribution < -0.4 is 10.6 Å². The number of nitrogens with zero attached hydrogens (tertiary/aromatic N) is 4. The summed E-state index contributed by atoms with van der Waals surface area (Å²) >= 11 is 1.63. The van der Waals surface area contributed by atoms with Crippen LogP contribution in [0.5, 0.6) is 0 Å². The van der Waals surface area contributed by atoms with Crippen molar-refractivity contribution in [2.45, 2.75) is 51.6 Å². The number of aromatic nitrogens is 2. The molecule has 1 atom stereocenters. The van der Waals surface area contributed by atoms with Crippen molar-refractivity contribution in [1.29, 1.82) is 0 Å². The van der Waals surface area contributed by atoms with Crippen LogP contribution in [0.1, 0.15) is 44.7 Å². The van der Waals surface area contributed by atoms with Crippen molar-refractivity contribution >= 4 is 52.1 Å². The molecule has 28 heavy (non-hydrogen) atoms. The smallest absolute Gasteiger partial charge is 0.225 e. The van der Waals surface area contributed by atoms with Gasteiger partial charge in [-0.2, -0.15) is 0 Å². The van der Waals surface area contributed by atoms with Crippen LogP contribution in [0.4, 0.5) is 0 Å². The molecule has 2 aliphatic rings. The summed E-state index contributed by atoms with van der Waals surface area (Å²) < 4.78 is 2.03. The average molecular weight is 516 g/mol. The molecule has 1 saturated carbocycles. The molecule has 4 rings (SSSR count). The van der Waals surface area contributed by atoms with E-state index in [1.807, 2.05) is 27.1 Å². The number of guanidine groups is 1. The highest BCUT2D eigenvalue weighted by molar-refractivity contribution is 14.0. The monoisotopic (exact) mass is 516 g/mol. The van der Waals surface area contributed by atoms with Crippen molar-refractivity contribution in [2.75, 3.05) is 19.6 Å². The van der Waals surface area contributed by atoms with Gasteiger partial charge in [0, 0.05) is 49.4 Å². The standard InChI is InChI=1S/C19H28N6OS.HI/c1-2-20-18(21-11-16-13-25-9-10-27-19(25)23-16)22-15-7-8-24(12-15)17(26)14-5-3-4-6-14;/h9-10,13-15H,2-8,11-12H2,1H3,(H2,20,21,22);1H. The zero-order valence-electron chi connectivity index (χ0n) is 16.3. The Kier molecular flexibility index (Phi) is 7.55. The first-order chi connectivity index (χ1) is 13.2. The van der Waals surface area contributed by atoms with Gasteiger partial charge in [-0.3, -0.25) is 9.20 Å². The van der Waals surface area contributed by atoms with Crippen LogP contribution in [0.3, 0.4) is 0 Å². The highest BCUT2D eigenvalue weighted by atomic mass is 127. The molecule has 2 fully saturated rings. The number of hydrogen-bond acceptors (Lipinski definition) is 4. The molecule has 2 N–H and O–H groups in total. The Bertz CT molecular complexity index is 784. The number of fused-ring (bicyclic) bond motifs is 1. The number of hydrogen-bond donors (Lipinski definition) is 2. The third-order valence-electron chi connectivity index (χ3n) is 5.43. The Morgan fingerprint density at radius 3 is 2.93 bits per heavy atom. The molecule has 0 aromatic carbocycles. The molecule has 2 aromatic rings. The molecule has 154 valence electrons. The van der Waals surface area contributed by atoms with Gasteiger partial charge < -0.3 is 15.5 Å². The van der Waals surface area contributed by atoms with Gasteiger partial charge in [-0.05, 0) is 26.2 Å². The Balaban J connectivity index is 0.00000225. The number of carbonyl (C=O) groups is 1. The van der Waals surface area contributed by atoms with Crippen molar-refractivity contribution in [2.24, 2.45) is 10.9 Å². The maximum absolute atomic E-state index is 12.6. The van der Waals surface area contributed by atoms with Gasteiger partial charge in [0.2, 0.25) is 5.91 Å². The molecule has 1 aliphatic carbocycles. The minimum Gasteiger partial charge on any atom is -0.357 e. The van der Waals surface area contributed by atoms with E-state index in [4.69, 9.17) is 0 Å². The van der Waals surface area contributed by atoms with E-state index in [-0.39, 0.29) is 35.9 Å². The fraction of sp³-hybridized carbons (Fsp3) is 0.632. The predicted molar refractivity (Wildman–Crippen MR) is 123 cm³/mol. The Hall–Kier alpha value is -1.36. The van der Waals surface area contributed by atoms with Crippen LogP contribution in [0.25, 0.3) is 4.96 Å². The molecule has 9 heteroatoms. The van der Waals surface area contributed by atoms with Crippen LogP contribution in [0.2, 0.25) is 0 Å². The van der Waals surface area contributed by atoms with E-state index >= 15 is 0 Å². The first-order valence-electron chi connectivity index (χ1n) is 9.97. The number of thiazole rings is 1. The molecule has 0 spiro atoms. The van der Waals surface area contributed by atoms with Gasteiger partial charge >= 0.3 is 0 Å². The van der Waals surface area contributed by atoms with Crippen LogP contribution in [-0.2, 0) is 11.3 Å². The maximum Gasteiger partial charge on any atom is 0.225 e. The van der Waals surface area contributed by atoms with E-state index in [9.17, 15) is 4.79 Å². The third kappa shape index (κ3) is 4.97. The number of aliphatic imine (C=N–C) groups is 1. The molecule has 1 unspecified atom stereocenters.